The van der Waals surface area contributed by atoms with Crippen molar-refractivity contribution in [3.8, 4) is 17.1 Å². The van der Waals surface area contributed by atoms with Gasteiger partial charge in [0.25, 0.3) is 5.91 Å². The zero-order chi connectivity index (χ0) is 23.1. The van der Waals surface area contributed by atoms with Crippen LogP contribution in [-0.4, -0.2) is 30.1 Å². The number of hydrogen-bond acceptors (Lipinski definition) is 6. The molecule has 0 spiro atoms. The largest absolute Gasteiger partial charge is 0.456 e. The standard InChI is InChI=1S/C21H16F4N2O5/c22-12-4-3-5-13(23)20(12)16-10-26-18(31-16)8-9-19(29)30-11-17(28)27-14-6-1-2-7-15(14)32-21(24)25/h1-7,10,21H,8-9,11H2,(H,27,28). The molecule has 0 atom stereocenters. The topological polar surface area (TPSA) is 90.7 Å². The Morgan fingerprint density at radius 3 is 2.50 bits per heavy atom. The Balaban J connectivity index is 1.48. The quantitative estimate of drug-likeness (QED) is 0.384. The number of oxazole rings is 1. The van der Waals surface area contributed by atoms with Crippen molar-refractivity contribution in [3.63, 3.8) is 0 Å². The number of para-hydroxylation sites is 2. The SMILES string of the molecule is O=C(COC(=O)CCc1ncc(-c2c(F)cccc2F)o1)Nc1ccccc1OC(F)F. The van der Waals surface area contributed by atoms with Crippen molar-refractivity contribution in [1.29, 1.82) is 0 Å². The summed E-state index contributed by atoms with van der Waals surface area (Å²) in [5.74, 6) is -3.51. The Labute approximate surface area is 179 Å². The molecule has 0 aliphatic heterocycles. The van der Waals surface area contributed by atoms with Gasteiger partial charge in [-0.2, -0.15) is 8.78 Å². The number of hydrogen-bond donors (Lipinski definition) is 1. The monoisotopic (exact) mass is 452 g/mol. The van der Waals surface area contributed by atoms with Gasteiger partial charge in [0.2, 0.25) is 0 Å². The van der Waals surface area contributed by atoms with E-state index in [0.717, 1.165) is 18.3 Å². The van der Waals surface area contributed by atoms with Gasteiger partial charge in [-0.25, -0.2) is 13.8 Å². The lowest BCUT2D eigenvalue weighted by Crippen LogP contribution is -2.21. The molecular weight excluding hydrogens is 436 g/mol. The van der Waals surface area contributed by atoms with Crippen molar-refractivity contribution < 1.29 is 41.0 Å². The average molecular weight is 452 g/mol. The second-order valence-corrected chi connectivity index (χ2v) is 6.30. The van der Waals surface area contributed by atoms with E-state index in [-0.39, 0.29) is 41.5 Å². The maximum absolute atomic E-state index is 13.8. The van der Waals surface area contributed by atoms with Crippen LogP contribution in [-0.2, 0) is 20.7 Å². The number of amides is 1. The van der Waals surface area contributed by atoms with Crippen LogP contribution >= 0.6 is 0 Å². The minimum absolute atomic E-state index is 0.0125. The summed E-state index contributed by atoms with van der Waals surface area (Å²) in [6, 6.07) is 8.88. The van der Waals surface area contributed by atoms with Crippen LogP contribution in [0, 0.1) is 11.6 Å². The lowest BCUT2D eigenvalue weighted by molar-refractivity contribution is -0.147. The molecule has 32 heavy (non-hydrogen) atoms. The molecule has 2 aromatic carbocycles. The number of rotatable bonds is 9. The highest BCUT2D eigenvalue weighted by molar-refractivity contribution is 5.94. The van der Waals surface area contributed by atoms with Gasteiger partial charge in [-0.15, -0.1) is 0 Å². The van der Waals surface area contributed by atoms with Gasteiger partial charge in [-0.3, -0.25) is 9.59 Å². The summed E-state index contributed by atoms with van der Waals surface area (Å²) in [4.78, 5) is 27.6. The number of aromatic nitrogens is 1. The third-order valence-corrected chi connectivity index (χ3v) is 4.05. The van der Waals surface area contributed by atoms with E-state index in [1.807, 2.05) is 0 Å². The fourth-order valence-corrected chi connectivity index (χ4v) is 2.66. The smallest absolute Gasteiger partial charge is 0.387 e. The first kappa shape index (κ1) is 22.8. The lowest BCUT2D eigenvalue weighted by atomic mass is 10.1. The number of carbonyl (C=O) groups is 2. The number of esters is 1. The highest BCUT2D eigenvalue weighted by Gasteiger charge is 2.17. The van der Waals surface area contributed by atoms with E-state index in [1.54, 1.807) is 0 Å². The zero-order valence-electron chi connectivity index (χ0n) is 16.3. The number of alkyl halides is 2. The minimum atomic E-state index is -3.07. The van der Waals surface area contributed by atoms with Crippen molar-refractivity contribution in [3.05, 3.63) is 66.2 Å². The summed E-state index contributed by atoms with van der Waals surface area (Å²) in [7, 11) is 0. The van der Waals surface area contributed by atoms with Crippen molar-refractivity contribution in [2.45, 2.75) is 19.5 Å². The number of benzene rings is 2. The molecule has 0 radical (unpaired) electrons. The lowest BCUT2D eigenvalue weighted by Gasteiger charge is -2.11. The molecule has 0 bridgehead atoms. The van der Waals surface area contributed by atoms with Crippen LogP contribution in [0.2, 0.25) is 0 Å². The molecule has 1 amide bonds. The van der Waals surface area contributed by atoms with Crippen LogP contribution in [0.5, 0.6) is 5.75 Å². The van der Waals surface area contributed by atoms with E-state index in [1.165, 1.54) is 30.3 Å². The van der Waals surface area contributed by atoms with Gasteiger partial charge in [0.1, 0.15) is 17.4 Å². The summed E-state index contributed by atoms with van der Waals surface area (Å²) in [6.45, 7) is -3.74. The first-order valence-electron chi connectivity index (χ1n) is 9.22. The van der Waals surface area contributed by atoms with Crippen LogP contribution in [0.4, 0.5) is 23.2 Å². The van der Waals surface area contributed by atoms with Gasteiger partial charge in [0.05, 0.1) is 23.9 Å². The molecule has 0 aliphatic rings. The molecule has 11 heteroatoms. The normalized spacial score (nSPS) is 10.8. The molecule has 0 saturated heterocycles. The highest BCUT2D eigenvalue weighted by atomic mass is 19.3. The minimum Gasteiger partial charge on any atom is -0.456 e. The van der Waals surface area contributed by atoms with Gasteiger partial charge in [0, 0.05) is 6.42 Å². The highest BCUT2D eigenvalue weighted by Crippen LogP contribution is 2.27. The molecule has 0 fully saturated rings. The van der Waals surface area contributed by atoms with E-state index >= 15 is 0 Å². The molecule has 0 saturated carbocycles. The summed E-state index contributed by atoms with van der Waals surface area (Å²) < 4.78 is 66.8. The first-order valence-corrected chi connectivity index (χ1v) is 9.22. The third-order valence-electron chi connectivity index (χ3n) is 4.05. The van der Waals surface area contributed by atoms with Crippen molar-refractivity contribution in [2.24, 2.45) is 0 Å². The number of nitrogens with one attached hydrogen (secondary N) is 1. The summed E-state index contributed by atoms with van der Waals surface area (Å²) >= 11 is 0. The summed E-state index contributed by atoms with van der Waals surface area (Å²) in [5.41, 5.74) is -0.386. The molecule has 1 aromatic heterocycles. The number of ether oxygens (including phenoxy) is 2. The molecule has 7 nitrogen and oxygen atoms in total. The number of carbonyl (C=O) groups excluding carboxylic acids is 2. The van der Waals surface area contributed by atoms with Crippen LogP contribution in [0.15, 0.2) is 53.1 Å². The van der Waals surface area contributed by atoms with Crippen LogP contribution in [0.3, 0.4) is 0 Å². The number of aryl methyl sites for hydroxylation is 1. The van der Waals surface area contributed by atoms with Crippen LogP contribution in [0.25, 0.3) is 11.3 Å². The third kappa shape index (κ3) is 6.06. The molecule has 168 valence electrons. The molecule has 3 rings (SSSR count). The second kappa shape index (κ2) is 10.4. The van der Waals surface area contributed by atoms with Crippen molar-refractivity contribution in [2.75, 3.05) is 11.9 Å². The van der Waals surface area contributed by atoms with Crippen molar-refractivity contribution in [1.82, 2.24) is 4.98 Å². The average Bonchev–Trinajstić information content (AvgIpc) is 3.20. The van der Waals surface area contributed by atoms with Crippen molar-refractivity contribution >= 4 is 17.6 Å². The maximum Gasteiger partial charge on any atom is 0.387 e. The fourth-order valence-electron chi connectivity index (χ4n) is 2.66. The number of halogens is 4. The number of nitrogens with zero attached hydrogens (tertiary/aromatic N) is 1. The zero-order valence-corrected chi connectivity index (χ0v) is 16.3. The summed E-state index contributed by atoms with van der Waals surface area (Å²) in [6.07, 6.45) is 0.869. The predicted molar refractivity (Wildman–Crippen MR) is 103 cm³/mol. The van der Waals surface area contributed by atoms with E-state index in [4.69, 9.17) is 9.15 Å². The second-order valence-electron chi connectivity index (χ2n) is 6.30. The van der Waals surface area contributed by atoms with Gasteiger partial charge in [-0.1, -0.05) is 18.2 Å². The molecular formula is C21H16F4N2O5. The maximum atomic E-state index is 13.8. The van der Waals surface area contributed by atoms with E-state index < -0.39 is 36.7 Å². The van der Waals surface area contributed by atoms with E-state index in [2.05, 4.69) is 15.0 Å². The van der Waals surface area contributed by atoms with Gasteiger partial charge in [0.15, 0.2) is 18.3 Å². The Kier molecular flexibility index (Phi) is 7.42. The Morgan fingerprint density at radius 2 is 1.78 bits per heavy atom. The van der Waals surface area contributed by atoms with E-state index in [0.29, 0.717) is 0 Å². The molecule has 1 N–H and O–H groups in total. The van der Waals surface area contributed by atoms with E-state index in [9.17, 15) is 27.2 Å². The molecule has 0 unspecified atom stereocenters. The molecule has 1 heterocycles. The Hall–Kier alpha value is -3.89. The van der Waals surface area contributed by atoms with Gasteiger partial charge in [-0.05, 0) is 24.3 Å². The Morgan fingerprint density at radius 1 is 1.06 bits per heavy atom. The van der Waals surface area contributed by atoms with Gasteiger partial charge >= 0.3 is 12.6 Å². The first-order chi connectivity index (χ1) is 15.3. The molecule has 0 aliphatic carbocycles. The molecule has 3 aromatic rings. The van der Waals surface area contributed by atoms with Crippen LogP contribution < -0.4 is 10.1 Å². The fraction of sp³-hybridized carbons (Fsp3) is 0.190. The number of anilines is 1. The predicted octanol–water partition coefficient (Wildman–Crippen LogP) is 4.34. The van der Waals surface area contributed by atoms with Crippen LogP contribution in [0.1, 0.15) is 12.3 Å². The van der Waals surface area contributed by atoms with Gasteiger partial charge < -0.3 is 19.2 Å². The Bertz CT molecular complexity index is 1080. The summed E-state index contributed by atoms with van der Waals surface area (Å²) in [5, 5.41) is 2.30.